The van der Waals surface area contributed by atoms with Gasteiger partial charge in [0.25, 0.3) is 0 Å². The highest BCUT2D eigenvalue weighted by Crippen LogP contribution is 2.20. The van der Waals surface area contributed by atoms with Crippen LogP contribution in [0, 0.1) is 11.6 Å². The van der Waals surface area contributed by atoms with Crippen LogP contribution in [-0.4, -0.2) is 22.8 Å². The quantitative estimate of drug-likeness (QED) is 0.779. The molecule has 0 saturated carbocycles. The summed E-state index contributed by atoms with van der Waals surface area (Å²) < 4.78 is 26.5. The summed E-state index contributed by atoms with van der Waals surface area (Å²) in [6.07, 6.45) is 0. The largest absolute Gasteiger partial charge is 0.325 e. The Kier molecular flexibility index (Phi) is 6.78. The smallest absolute Gasteiger partial charge is 0.237 e. The fourth-order valence-electron chi connectivity index (χ4n) is 1.83. The highest BCUT2D eigenvalue weighted by Gasteiger charge is 2.17. The molecule has 25 heavy (non-hydrogen) atoms. The van der Waals surface area contributed by atoms with Crippen LogP contribution in [0.5, 0.6) is 0 Å². The number of hydrogen-bond donors (Lipinski definition) is 2. The third kappa shape index (κ3) is 6.03. The maximum atomic E-state index is 13.7. The number of nitrogens with one attached hydrogen (secondary N) is 2. The number of halogens is 3. The van der Waals surface area contributed by atoms with Crippen molar-refractivity contribution < 1.29 is 18.4 Å². The average Bonchev–Trinajstić information content (AvgIpc) is 2.57. The SMILES string of the molecule is C[C@H](SCC(=O)Nc1ccc(F)cc1)C(=O)Nc1ccc(Cl)cc1F. The third-order valence-electron chi connectivity index (χ3n) is 3.15. The van der Waals surface area contributed by atoms with Crippen molar-refractivity contribution in [3.63, 3.8) is 0 Å². The maximum Gasteiger partial charge on any atom is 0.237 e. The summed E-state index contributed by atoms with van der Waals surface area (Å²) in [5, 5.41) is 4.70. The van der Waals surface area contributed by atoms with Crippen LogP contribution >= 0.6 is 23.4 Å². The highest BCUT2D eigenvalue weighted by molar-refractivity contribution is 8.01. The summed E-state index contributed by atoms with van der Waals surface area (Å²) in [6, 6.07) is 9.29. The van der Waals surface area contributed by atoms with Crippen LogP contribution in [0.3, 0.4) is 0 Å². The van der Waals surface area contributed by atoms with Gasteiger partial charge in [0.15, 0.2) is 0 Å². The van der Waals surface area contributed by atoms with Gasteiger partial charge in [-0.3, -0.25) is 9.59 Å². The fraction of sp³-hybridized carbons (Fsp3) is 0.176. The van der Waals surface area contributed by atoms with E-state index in [2.05, 4.69) is 10.6 Å². The number of carbonyl (C=O) groups excluding carboxylic acids is 2. The third-order valence-corrected chi connectivity index (χ3v) is 4.53. The summed E-state index contributed by atoms with van der Waals surface area (Å²) in [5.41, 5.74) is 0.491. The average molecular weight is 385 g/mol. The normalized spacial score (nSPS) is 11.7. The van der Waals surface area contributed by atoms with Crippen molar-refractivity contribution in [2.24, 2.45) is 0 Å². The lowest BCUT2D eigenvalue weighted by Crippen LogP contribution is -2.25. The van der Waals surface area contributed by atoms with Gasteiger partial charge in [0, 0.05) is 10.7 Å². The second-order valence-electron chi connectivity index (χ2n) is 5.12. The van der Waals surface area contributed by atoms with E-state index in [1.54, 1.807) is 6.92 Å². The Balaban J connectivity index is 1.82. The minimum Gasteiger partial charge on any atom is -0.325 e. The molecule has 2 aromatic carbocycles. The Morgan fingerprint density at radius 2 is 1.80 bits per heavy atom. The van der Waals surface area contributed by atoms with Crippen molar-refractivity contribution in [2.45, 2.75) is 12.2 Å². The van der Waals surface area contributed by atoms with E-state index in [1.165, 1.54) is 36.4 Å². The molecule has 0 bridgehead atoms. The molecular weight excluding hydrogens is 370 g/mol. The molecule has 0 unspecified atom stereocenters. The number of carbonyl (C=O) groups is 2. The minimum atomic E-state index is -0.632. The number of hydrogen-bond acceptors (Lipinski definition) is 3. The molecule has 0 aliphatic carbocycles. The molecule has 4 nitrogen and oxygen atoms in total. The molecule has 8 heteroatoms. The number of benzene rings is 2. The summed E-state index contributed by atoms with van der Waals surface area (Å²) in [7, 11) is 0. The number of thioether (sulfide) groups is 1. The molecule has 0 aromatic heterocycles. The summed E-state index contributed by atoms with van der Waals surface area (Å²) in [5.74, 6) is -1.76. The Bertz CT molecular complexity index is 772. The molecular formula is C17H15ClF2N2O2S. The molecule has 0 spiro atoms. The molecule has 2 N–H and O–H groups in total. The monoisotopic (exact) mass is 384 g/mol. The predicted molar refractivity (Wildman–Crippen MR) is 97.0 cm³/mol. The van der Waals surface area contributed by atoms with Gasteiger partial charge in [-0.25, -0.2) is 8.78 Å². The molecule has 2 amide bonds. The Morgan fingerprint density at radius 1 is 1.12 bits per heavy atom. The van der Waals surface area contributed by atoms with Gasteiger partial charge in [-0.2, -0.15) is 0 Å². The van der Waals surface area contributed by atoms with Crippen LogP contribution in [-0.2, 0) is 9.59 Å². The van der Waals surface area contributed by atoms with Gasteiger partial charge in [0.05, 0.1) is 16.7 Å². The van der Waals surface area contributed by atoms with Crippen LogP contribution in [0.15, 0.2) is 42.5 Å². The zero-order chi connectivity index (χ0) is 18.4. The summed E-state index contributed by atoms with van der Waals surface area (Å²) >= 11 is 6.75. The van der Waals surface area contributed by atoms with Gasteiger partial charge in [-0.1, -0.05) is 11.6 Å². The molecule has 0 heterocycles. The summed E-state index contributed by atoms with van der Waals surface area (Å²) in [6.45, 7) is 1.61. The van der Waals surface area contributed by atoms with E-state index in [0.29, 0.717) is 5.69 Å². The molecule has 0 aliphatic heterocycles. The topological polar surface area (TPSA) is 58.2 Å². The summed E-state index contributed by atoms with van der Waals surface area (Å²) in [4.78, 5) is 23.9. The lowest BCUT2D eigenvalue weighted by molar-refractivity contribution is -0.115. The molecule has 132 valence electrons. The molecule has 0 aliphatic rings. The number of amides is 2. The first-order valence-electron chi connectivity index (χ1n) is 7.28. The van der Waals surface area contributed by atoms with E-state index in [4.69, 9.17) is 11.6 Å². The van der Waals surface area contributed by atoms with Gasteiger partial charge >= 0.3 is 0 Å². The number of anilines is 2. The Morgan fingerprint density at radius 3 is 2.44 bits per heavy atom. The first-order valence-corrected chi connectivity index (χ1v) is 8.71. The van der Waals surface area contributed by atoms with Crippen molar-refractivity contribution in [3.05, 3.63) is 59.1 Å². The first-order chi connectivity index (χ1) is 11.8. The van der Waals surface area contributed by atoms with Gasteiger partial charge in [0.1, 0.15) is 11.6 Å². The first kappa shape index (κ1) is 19.2. The fourth-order valence-corrected chi connectivity index (χ4v) is 2.67. The Hall–Kier alpha value is -2.12. The van der Waals surface area contributed by atoms with E-state index in [0.717, 1.165) is 17.8 Å². The van der Waals surface area contributed by atoms with E-state index < -0.39 is 22.8 Å². The minimum absolute atomic E-state index is 0.0229. The van der Waals surface area contributed by atoms with Gasteiger partial charge in [0.2, 0.25) is 11.8 Å². The van der Waals surface area contributed by atoms with Gasteiger partial charge in [-0.05, 0) is 49.4 Å². The lowest BCUT2D eigenvalue weighted by atomic mass is 10.3. The van der Waals surface area contributed by atoms with Crippen molar-refractivity contribution in [3.8, 4) is 0 Å². The zero-order valence-electron chi connectivity index (χ0n) is 13.2. The Labute approximate surface area is 152 Å². The van der Waals surface area contributed by atoms with Gasteiger partial charge in [-0.15, -0.1) is 11.8 Å². The molecule has 0 radical (unpaired) electrons. The van der Waals surface area contributed by atoms with Crippen LogP contribution in [0.2, 0.25) is 5.02 Å². The second kappa shape index (κ2) is 8.82. The highest BCUT2D eigenvalue weighted by atomic mass is 35.5. The predicted octanol–water partition coefficient (Wildman–Crippen LogP) is 4.32. The van der Waals surface area contributed by atoms with E-state index in [1.807, 2.05) is 0 Å². The molecule has 0 fully saturated rings. The van der Waals surface area contributed by atoms with Crippen molar-refractivity contribution in [2.75, 3.05) is 16.4 Å². The lowest BCUT2D eigenvalue weighted by Gasteiger charge is -2.12. The van der Waals surface area contributed by atoms with Crippen LogP contribution < -0.4 is 10.6 Å². The molecule has 1 atom stereocenters. The van der Waals surface area contributed by atoms with Crippen molar-refractivity contribution in [1.29, 1.82) is 0 Å². The van der Waals surface area contributed by atoms with E-state index in [9.17, 15) is 18.4 Å². The molecule has 0 saturated heterocycles. The van der Waals surface area contributed by atoms with Crippen molar-refractivity contribution in [1.82, 2.24) is 0 Å². The van der Waals surface area contributed by atoms with E-state index >= 15 is 0 Å². The zero-order valence-corrected chi connectivity index (χ0v) is 14.8. The van der Waals surface area contributed by atoms with Gasteiger partial charge < -0.3 is 10.6 Å². The number of rotatable bonds is 6. The molecule has 2 rings (SSSR count). The maximum absolute atomic E-state index is 13.7. The molecule has 2 aromatic rings. The van der Waals surface area contributed by atoms with Crippen LogP contribution in [0.1, 0.15) is 6.92 Å². The van der Waals surface area contributed by atoms with E-state index in [-0.39, 0.29) is 22.4 Å². The standard InChI is InChI=1S/C17H15ClF2N2O2S/c1-10(17(24)22-15-7-2-11(18)8-14(15)20)25-9-16(23)21-13-5-3-12(19)4-6-13/h2-8,10H,9H2,1H3,(H,21,23)(H,22,24)/t10-/m0/s1. The van der Waals surface area contributed by atoms with Crippen LogP contribution in [0.25, 0.3) is 0 Å². The van der Waals surface area contributed by atoms with Crippen molar-refractivity contribution >= 4 is 46.6 Å². The van der Waals surface area contributed by atoms with Crippen LogP contribution in [0.4, 0.5) is 20.2 Å². The second-order valence-corrected chi connectivity index (χ2v) is 6.89.